The Morgan fingerprint density at radius 1 is 1.11 bits per heavy atom. The number of rotatable bonds is 8. The van der Waals surface area contributed by atoms with E-state index in [4.69, 9.17) is 10.5 Å². The highest BCUT2D eigenvalue weighted by Gasteiger charge is 2.24. The first kappa shape index (κ1) is 20.5. The molecule has 0 saturated heterocycles. The molecule has 0 aromatic heterocycles. The van der Waals surface area contributed by atoms with E-state index in [2.05, 4.69) is 5.32 Å². The van der Waals surface area contributed by atoms with Gasteiger partial charge in [0.25, 0.3) is 0 Å². The van der Waals surface area contributed by atoms with Gasteiger partial charge in [-0.2, -0.15) is 0 Å². The number of para-hydroxylation sites is 1. The fourth-order valence-corrected chi connectivity index (χ4v) is 2.46. The zero-order chi connectivity index (χ0) is 19.8. The van der Waals surface area contributed by atoms with Crippen LogP contribution in [-0.2, 0) is 20.9 Å². The van der Waals surface area contributed by atoms with Crippen LogP contribution in [0.3, 0.4) is 0 Å². The smallest absolute Gasteiger partial charge is 0.244 e. The second kappa shape index (κ2) is 9.75. The van der Waals surface area contributed by atoms with Crippen LogP contribution in [0, 0.1) is 11.6 Å². The van der Waals surface area contributed by atoms with Gasteiger partial charge >= 0.3 is 0 Å². The lowest BCUT2D eigenvalue weighted by atomic mass is 10.1. The van der Waals surface area contributed by atoms with Crippen LogP contribution >= 0.6 is 0 Å². The van der Waals surface area contributed by atoms with E-state index in [1.165, 1.54) is 43.5 Å². The summed E-state index contributed by atoms with van der Waals surface area (Å²) in [7, 11) is 1.39. The van der Waals surface area contributed by atoms with Crippen LogP contribution in [0.5, 0.6) is 0 Å². The fourth-order valence-electron chi connectivity index (χ4n) is 2.46. The zero-order valence-corrected chi connectivity index (χ0v) is 14.8. The first-order chi connectivity index (χ1) is 12.9. The predicted molar refractivity (Wildman–Crippen MR) is 96.7 cm³/mol. The van der Waals surface area contributed by atoms with E-state index in [9.17, 15) is 18.4 Å². The second-order valence-corrected chi connectivity index (χ2v) is 5.88. The Labute approximate surface area is 155 Å². The number of nitrogens with one attached hydrogen (secondary N) is 1. The highest BCUT2D eigenvalue weighted by molar-refractivity contribution is 5.95. The normalized spacial score (nSPS) is 11.7. The maximum Gasteiger partial charge on any atom is 0.244 e. The van der Waals surface area contributed by atoms with Gasteiger partial charge < -0.3 is 20.7 Å². The molecule has 1 atom stereocenters. The number of nitrogens with two attached hydrogens (primary N) is 1. The Kier molecular flexibility index (Phi) is 7.39. The van der Waals surface area contributed by atoms with Crippen LogP contribution in [0.1, 0.15) is 5.56 Å². The summed E-state index contributed by atoms with van der Waals surface area (Å²) in [5.41, 5.74) is 5.99. The maximum atomic E-state index is 14.0. The highest BCUT2D eigenvalue weighted by atomic mass is 19.1. The number of methoxy groups -OCH3 is 1. The van der Waals surface area contributed by atoms with E-state index in [1.54, 1.807) is 12.1 Å². The molecule has 0 aliphatic heterocycles. The van der Waals surface area contributed by atoms with Crippen molar-refractivity contribution in [1.82, 2.24) is 4.90 Å². The molecule has 0 aliphatic rings. The molecule has 2 amide bonds. The molecular weight excluding hydrogens is 356 g/mol. The van der Waals surface area contributed by atoms with Gasteiger partial charge in [0.05, 0.1) is 12.3 Å². The van der Waals surface area contributed by atoms with Crippen molar-refractivity contribution in [2.45, 2.75) is 12.6 Å². The van der Waals surface area contributed by atoms with E-state index in [0.29, 0.717) is 0 Å². The number of anilines is 1. The fraction of sp³-hybridized carbons (Fsp3) is 0.263. The van der Waals surface area contributed by atoms with E-state index in [-0.39, 0.29) is 24.4 Å². The van der Waals surface area contributed by atoms with Gasteiger partial charge in [-0.05, 0) is 18.2 Å². The number of ether oxygens (including phenoxy) is 1. The average Bonchev–Trinajstić information content (AvgIpc) is 2.64. The molecule has 0 fully saturated rings. The Hall–Kier alpha value is -2.84. The summed E-state index contributed by atoms with van der Waals surface area (Å²) < 4.78 is 32.5. The van der Waals surface area contributed by atoms with Gasteiger partial charge in [-0.15, -0.1) is 0 Å². The standard InChI is InChI=1S/C19H21F2N3O3/c1-27-12-16(22)19(26)24(10-13-6-2-3-7-14(13)20)11-18(25)23-17-9-5-4-8-15(17)21/h2-9,16H,10-12,22H2,1H3,(H,23,25). The van der Waals surface area contributed by atoms with Crippen molar-refractivity contribution in [2.75, 3.05) is 25.6 Å². The molecule has 0 aliphatic carbocycles. The number of carbonyl (C=O) groups excluding carboxylic acids is 2. The third kappa shape index (κ3) is 5.83. The first-order valence-corrected chi connectivity index (χ1v) is 8.23. The number of amides is 2. The molecule has 3 N–H and O–H groups in total. The lowest BCUT2D eigenvalue weighted by Gasteiger charge is -2.25. The highest BCUT2D eigenvalue weighted by Crippen LogP contribution is 2.14. The molecule has 8 heteroatoms. The van der Waals surface area contributed by atoms with E-state index < -0.39 is 36.0 Å². The van der Waals surface area contributed by atoms with Gasteiger partial charge in [0.1, 0.15) is 24.2 Å². The molecule has 2 rings (SSSR count). The van der Waals surface area contributed by atoms with Crippen molar-refractivity contribution < 1.29 is 23.1 Å². The molecule has 2 aromatic carbocycles. The number of carbonyl (C=O) groups is 2. The van der Waals surface area contributed by atoms with Gasteiger partial charge in [0.15, 0.2) is 0 Å². The summed E-state index contributed by atoms with van der Waals surface area (Å²) >= 11 is 0. The number of hydrogen-bond donors (Lipinski definition) is 2. The van der Waals surface area contributed by atoms with Gasteiger partial charge in [0.2, 0.25) is 11.8 Å². The molecular formula is C19H21F2N3O3. The van der Waals surface area contributed by atoms with Gasteiger partial charge in [-0.1, -0.05) is 30.3 Å². The minimum absolute atomic E-state index is 0.0121. The van der Waals surface area contributed by atoms with Crippen molar-refractivity contribution in [1.29, 1.82) is 0 Å². The summed E-state index contributed by atoms with van der Waals surface area (Å²) in [5.74, 6) is -2.32. The lowest BCUT2D eigenvalue weighted by molar-refractivity contribution is -0.137. The van der Waals surface area contributed by atoms with Crippen LogP contribution in [0.4, 0.5) is 14.5 Å². The van der Waals surface area contributed by atoms with Crippen molar-refractivity contribution in [2.24, 2.45) is 5.73 Å². The molecule has 0 heterocycles. The average molecular weight is 377 g/mol. The molecule has 2 aromatic rings. The van der Waals surface area contributed by atoms with Crippen LogP contribution in [0.15, 0.2) is 48.5 Å². The summed E-state index contributed by atoms with van der Waals surface area (Å²) in [4.78, 5) is 26.0. The summed E-state index contributed by atoms with van der Waals surface area (Å²) in [5, 5.41) is 2.39. The quantitative estimate of drug-likeness (QED) is 0.736. The Morgan fingerprint density at radius 3 is 2.37 bits per heavy atom. The van der Waals surface area contributed by atoms with Gasteiger partial charge in [0, 0.05) is 19.2 Å². The Morgan fingerprint density at radius 2 is 1.74 bits per heavy atom. The van der Waals surface area contributed by atoms with Crippen LogP contribution in [0.2, 0.25) is 0 Å². The van der Waals surface area contributed by atoms with E-state index >= 15 is 0 Å². The summed E-state index contributed by atoms with van der Waals surface area (Å²) in [6.45, 7) is -0.631. The van der Waals surface area contributed by atoms with E-state index in [1.807, 2.05) is 0 Å². The van der Waals surface area contributed by atoms with E-state index in [0.717, 1.165) is 4.90 Å². The Bertz CT molecular complexity index is 801. The third-order valence-corrected chi connectivity index (χ3v) is 3.78. The minimum atomic E-state index is -1.01. The predicted octanol–water partition coefficient (Wildman–Crippen LogP) is 1.91. The molecule has 144 valence electrons. The second-order valence-electron chi connectivity index (χ2n) is 5.88. The van der Waals surface area contributed by atoms with Crippen molar-refractivity contribution in [3.8, 4) is 0 Å². The van der Waals surface area contributed by atoms with Gasteiger partial charge in [-0.3, -0.25) is 9.59 Å². The zero-order valence-electron chi connectivity index (χ0n) is 14.8. The monoisotopic (exact) mass is 377 g/mol. The van der Waals surface area contributed by atoms with Crippen molar-refractivity contribution in [3.63, 3.8) is 0 Å². The SMILES string of the molecule is COCC(N)C(=O)N(CC(=O)Nc1ccccc1F)Cc1ccccc1F. The largest absolute Gasteiger partial charge is 0.383 e. The molecule has 6 nitrogen and oxygen atoms in total. The van der Waals surface area contributed by atoms with Crippen LogP contribution in [0.25, 0.3) is 0 Å². The van der Waals surface area contributed by atoms with Crippen LogP contribution in [-0.4, -0.2) is 43.0 Å². The topological polar surface area (TPSA) is 84.7 Å². The third-order valence-electron chi connectivity index (χ3n) is 3.78. The van der Waals surface area contributed by atoms with Crippen molar-refractivity contribution in [3.05, 3.63) is 65.7 Å². The lowest BCUT2D eigenvalue weighted by Crippen LogP contribution is -2.48. The minimum Gasteiger partial charge on any atom is -0.383 e. The number of nitrogens with zero attached hydrogens (tertiary/aromatic N) is 1. The molecule has 0 spiro atoms. The number of halogens is 2. The molecule has 27 heavy (non-hydrogen) atoms. The van der Waals surface area contributed by atoms with Crippen LogP contribution < -0.4 is 11.1 Å². The summed E-state index contributed by atoms with van der Waals surface area (Å²) in [6, 6.07) is 10.5. The van der Waals surface area contributed by atoms with Crippen molar-refractivity contribution >= 4 is 17.5 Å². The van der Waals surface area contributed by atoms with Gasteiger partial charge in [-0.25, -0.2) is 8.78 Å². The number of hydrogen-bond acceptors (Lipinski definition) is 4. The molecule has 1 unspecified atom stereocenters. The maximum absolute atomic E-state index is 14.0. The molecule has 0 bridgehead atoms. The Balaban J connectivity index is 2.16. The molecule has 0 radical (unpaired) electrons. The number of benzene rings is 2. The first-order valence-electron chi connectivity index (χ1n) is 8.23. The molecule has 0 saturated carbocycles. The summed E-state index contributed by atoms with van der Waals surface area (Å²) in [6.07, 6.45) is 0.